The number of carbonyl (C=O) groups is 1. The Kier molecular flexibility index (Phi) is 3.22. The van der Waals surface area contributed by atoms with Gasteiger partial charge in [0.15, 0.2) is 5.69 Å². The molecule has 0 aliphatic rings. The molecule has 0 heterocycles. The van der Waals surface area contributed by atoms with Gasteiger partial charge in [-0.05, 0) is 0 Å². The van der Waals surface area contributed by atoms with E-state index in [0.717, 1.165) is 19.2 Å². The first-order chi connectivity index (χ1) is 7.88. The molecular weight excluding hydrogens is 234 g/mol. The first kappa shape index (κ1) is 12.4. The van der Waals surface area contributed by atoms with Crippen molar-refractivity contribution >= 4 is 23.0 Å². The van der Waals surface area contributed by atoms with Crippen LogP contribution in [-0.4, -0.2) is 22.9 Å². The molecule has 0 aliphatic carbocycles. The molecule has 0 aliphatic heterocycles. The third-order valence-corrected chi connectivity index (χ3v) is 1.95. The van der Waals surface area contributed by atoms with Gasteiger partial charge in [-0.1, -0.05) is 0 Å². The normalized spacial score (nSPS) is 9.71. The number of anilines is 1. The Morgan fingerprint density at radius 2 is 1.65 bits per heavy atom. The molecule has 1 aromatic rings. The van der Waals surface area contributed by atoms with Gasteiger partial charge < -0.3 is 10.5 Å². The van der Waals surface area contributed by atoms with Crippen molar-refractivity contribution in [3.8, 4) is 0 Å². The van der Waals surface area contributed by atoms with E-state index in [1.807, 2.05) is 0 Å². The SMILES string of the molecule is COC(=O)c1cc([N+](=O)[O-])c(N)c([N+](=O)[O-])c1. The fourth-order valence-corrected chi connectivity index (χ4v) is 1.16. The number of hydrogen-bond donors (Lipinski definition) is 1. The first-order valence-corrected chi connectivity index (χ1v) is 4.19. The van der Waals surface area contributed by atoms with Crippen molar-refractivity contribution in [2.24, 2.45) is 0 Å². The van der Waals surface area contributed by atoms with Crippen LogP contribution in [0.25, 0.3) is 0 Å². The van der Waals surface area contributed by atoms with E-state index < -0.39 is 32.9 Å². The zero-order valence-corrected chi connectivity index (χ0v) is 8.58. The maximum Gasteiger partial charge on any atom is 0.338 e. The summed E-state index contributed by atoms with van der Waals surface area (Å²) in [4.78, 5) is 30.6. The van der Waals surface area contributed by atoms with Crippen molar-refractivity contribution in [2.45, 2.75) is 0 Å². The zero-order valence-electron chi connectivity index (χ0n) is 8.58. The highest BCUT2D eigenvalue weighted by atomic mass is 16.6. The molecule has 0 spiro atoms. The number of ether oxygens (including phenoxy) is 1. The van der Waals surface area contributed by atoms with Gasteiger partial charge in [0.25, 0.3) is 11.4 Å². The summed E-state index contributed by atoms with van der Waals surface area (Å²) in [5.74, 6) is -0.920. The van der Waals surface area contributed by atoms with Crippen LogP contribution in [0.2, 0.25) is 0 Å². The Hall–Kier alpha value is -2.71. The minimum absolute atomic E-state index is 0.305. The Morgan fingerprint density at radius 3 is 1.94 bits per heavy atom. The minimum atomic E-state index is -0.920. The molecule has 0 unspecified atom stereocenters. The van der Waals surface area contributed by atoms with Crippen LogP contribution in [0, 0.1) is 20.2 Å². The van der Waals surface area contributed by atoms with E-state index in [1.54, 1.807) is 0 Å². The van der Waals surface area contributed by atoms with Crippen LogP contribution in [0.3, 0.4) is 0 Å². The van der Waals surface area contributed by atoms with Crippen molar-refractivity contribution in [3.05, 3.63) is 37.9 Å². The second kappa shape index (κ2) is 4.43. The van der Waals surface area contributed by atoms with Crippen LogP contribution in [0.5, 0.6) is 0 Å². The Labute approximate surface area is 94.1 Å². The van der Waals surface area contributed by atoms with Crippen LogP contribution in [-0.2, 0) is 4.74 Å². The lowest BCUT2D eigenvalue weighted by atomic mass is 10.1. The van der Waals surface area contributed by atoms with E-state index in [1.165, 1.54) is 0 Å². The van der Waals surface area contributed by atoms with Gasteiger partial charge >= 0.3 is 5.97 Å². The lowest BCUT2D eigenvalue weighted by Gasteiger charge is -2.02. The maximum atomic E-state index is 11.2. The average Bonchev–Trinajstić information content (AvgIpc) is 2.27. The zero-order chi connectivity index (χ0) is 13.2. The molecule has 0 amide bonds. The van der Waals surface area contributed by atoms with Gasteiger partial charge in [-0.25, -0.2) is 4.79 Å². The number of methoxy groups -OCH3 is 1. The summed E-state index contributed by atoms with van der Waals surface area (Å²) in [7, 11) is 1.05. The third kappa shape index (κ3) is 2.27. The lowest BCUT2D eigenvalue weighted by Crippen LogP contribution is -2.07. The molecule has 9 heteroatoms. The highest BCUT2D eigenvalue weighted by Gasteiger charge is 2.26. The number of benzene rings is 1. The molecule has 0 fully saturated rings. The summed E-state index contributed by atoms with van der Waals surface area (Å²) in [6.45, 7) is 0. The van der Waals surface area contributed by atoms with Gasteiger partial charge in [0.1, 0.15) is 0 Å². The molecule has 0 atom stereocenters. The Bertz CT molecular complexity index is 477. The van der Waals surface area contributed by atoms with Crippen LogP contribution in [0.4, 0.5) is 17.1 Å². The summed E-state index contributed by atoms with van der Waals surface area (Å²) in [5, 5.41) is 21.2. The highest BCUT2D eigenvalue weighted by Crippen LogP contribution is 2.32. The highest BCUT2D eigenvalue weighted by molar-refractivity contribution is 5.93. The Morgan fingerprint density at radius 1 is 1.24 bits per heavy atom. The van der Waals surface area contributed by atoms with E-state index in [-0.39, 0.29) is 5.56 Å². The van der Waals surface area contributed by atoms with E-state index in [2.05, 4.69) is 4.74 Å². The van der Waals surface area contributed by atoms with E-state index >= 15 is 0 Å². The Balaban J connectivity index is 3.52. The third-order valence-electron chi connectivity index (χ3n) is 1.95. The summed E-state index contributed by atoms with van der Waals surface area (Å²) in [5.41, 5.74) is 2.93. The van der Waals surface area contributed by atoms with Crippen molar-refractivity contribution in [2.75, 3.05) is 12.8 Å². The van der Waals surface area contributed by atoms with Crippen LogP contribution in [0.15, 0.2) is 12.1 Å². The molecule has 0 saturated heterocycles. The fraction of sp³-hybridized carbons (Fsp3) is 0.125. The second-order valence-corrected chi connectivity index (χ2v) is 2.93. The van der Waals surface area contributed by atoms with E-state index in [0.29, 0.717) is 0 Å². The van der Waals surface area contributed by atoms with Gasteiger partial charge in [-0.3, -0.25) is 20.2 Å². The van der Waals surface area contributed by atoms with Crippen LogP contribution >= 0.6 is 0 Å². The quantitative estimate of drug-likeness (QED) is 0.358. The molecule has 0 aromatic heterocycles. The second-order valence-electron chi connectivity index (χ2n) is 2.93. The van der Waals surface area contributed by atoms with Crippen LogP contribution < -0.4 is 5.73 Å². The fourth-order valence-electron chi connectivity index (χ4n) is 1.16. The van der Waals surface area contributed by atoms with Gasteiger partial charge in [0, 0.05) is 12.1 Å². The average molecular weight is 241 g/mol. The maximum absolute atomic E-state index is 11.2. The van der Waals surface area contributed by atoms with Crippen molar-refractivity contribution < 1.29 is 19.4 Å². The van der Waals surface area contributed by atoms with Crippen molar-refractivity contribution in [3.63, 3.8) is 0 Å². The molecule has 0 saturated carbocycles. The summed E-state index contributed by atoms with van der Waals surface area (Å²) >= 11 is 0. The van der Waals surface area contributed by atoms with E-state index in [4.69, 9.17) is 5.73 Å². The molecule has 1 aromatic carbocycles. The van der Waals surface area contributed by atoms with Gasteiger partial charge in [-0.2, -0.15) is 0 Å². The molecule has 0 radical (unpaired) electrons. The molecule has 2 N–H and O–H groups in total. The van der Waals surface area contributed by atoms with Gasteiger partial charge in [0.05, 0.1) is 22.5 Å². The predicted octanol–water partition coefficient (Wildman–Crippen LogP) is 0.872. The minimum Gasteiger partial charge on any atom is -0.465 e. The summed E-state index contributed by atoms with van der Waals surface area (Å²) in [6, 6.07) is 1.66. The smallest absolute Gasteiger partial charge is 0.338 e. The number of nitro benzene ring substituents is 2. The number of nitrogens with zero attached hydrogens (tertiary/aromatic N) is 2. The van der Waals surface area contributed by atoms with Crippen molar-refractivity contribution in [1.29, 1.82) is 0 Å². The largest absolute Gasteiger partial charge is 0.465 e. The number of rotatable bonds is 3. The lowest BCUT2D eigenvalue weighted by molar-refractivity contribution is -0.392. The number of hydrogen-bond acceptors (Lipinski definition) is 7. The number of carbonyl (C=O) groups excluding carboxylic acids is 1. The topological polar surface area (TPSA) is 139 Å². The number of nitrogens with two attached hydrogens (primary N) is 1. The summed E-state index contributed by atoms with van der Waals surface area (Å²) < 4.78 is 4.32. The number of nitro groups is 2. The monoisotopic (exact) mass is 241 g/mol. The molecule has 0 bridgehead atoms. The molecule has 9 nitrogen and oxygen atoms in total. The van der Waals surface area contributed by atoms with E-state index in [9.17, 15) is 25.0 Å². The number of nitrogen functional groups attached to an aromatic ring is 1. The summed E-state index contributed by atoms with van der Waals surface area (Å²) in [6.07, 6.45) is 0. The van der Waals surface area contributed by atoms with Crippen molar-refractivity contribution in [1.82, 2.24) is 0 Å². The van der Waals surface area contributed by atoms with Gasteiger partial charge in [0.2, 0.25) is 0 Å². The van der Waals surface area contributed by atoms with Gasteiger partial charge in [-0.15, -0.1) is 0 Å². The first-order valence-electron chi connectivity index (χ1n) is 4.19. The molecule has 17 heavy (non-hydrogen) atoms. The van der Waals surface area contributed by atoms with Crippen LogP contribution in [0.1, 0.15) is 10.4 Å². The molecule has 1 rings (SSSR count). The molecular formula is C8H7N3O6. The number of esters is 1. The standard InChI is InChI=1S/C8H7N3O6/c1-17-8(12)4-2-5(10(13)14)7(9)6(3-4)11(15)16/h2-3H,9H2,1H3. The molecule has 90 valence electrons. The predicted molar refractivity (Wildman–Crippen MR) is 55.5 cm³/mol.